The Labute approximate surface area is 161 Å². The summed E-state index contributed by atoms with van der Waals surface area (Å²) in [5.41, 5.74) is 0.362. The number of likely N-dealkylation sites (tertiary alicyclic amines) is 1. The van der Waals surface area contributed by atoms with E-state index in [0.29, 0.717) is 18.7 Å². The summed E-state index contributed by atoms with van der Waals surface area (Å²) in [6.07, 6.45) is 2.65. The zero-order valence-corrected chi connectivity index (χ0v) is 16.0. The fourth-order valence-electron chi connectivity index (χ4n) is 4.51. The first-order valence-corrected chi connectivity index (χ1v) is 9.57. The van der Waals surface area contributed by atoms with Crippen LogP contribution in [0.2, 0.25) is 0 Å². The number of hydrogen-bond donors (Lipinski definition) is 1. The van der Waals surface area contributed by atoms with Crippen molar-refractivity contribution >= 4 is 22.7 Å². The monoisotopic (exact) mass is 390 g/mol. The van der Waals surface area contributed by atoms with Gasteiger partial charge in [-0.2, -0.15) is 5.10 Å². The fourth-order valence-corrected chi connectivity index (χ4v) is 4.51. The van der Waals surface area contributed by atoms with Crippen molar-refractivity contribution in [3.8, 4) is 0 Å². The third-order valence-electron chi connectivity index (χ3n) is 5.83. The summed E-state index contributed by atoms with van der Waals surface area (Å²) >= 11 is 0. The van der Waals surface area contributed by atoms with Crippen molar-refractivity contribution in [2.24, 2.45) is 12.5 Å². The zero-order valence-electron chi connectivity index (χ0n) is 16.0. The number of nitrogens with zero attached hydrogens (tertiary/aromatic N) is 3. The number of carbonyl (C=O) groups is 2. The van der Waals surface area contributed by atoms with Crippen molar-refractivity contribution in [2.75, 3.05) is 13.1 Å². The number of benzene rings is 1. The molecule has 150 valence electrons. The number of aryl methyl sites for hydroxylation is 1. The number of carbonyl (C=O) groups excluding carboxylic acids is 2. The topological polar surface area (TPSA) is 67.2 Å². The second kappa shape index (κ2) is 6.53. The summed E-state index contributed by atoms with van der Waals surface area (Å²) in [6.45, 7) is 2.49. The van der Waals surface area contributed by atoms with Crippen LogP contribution in [0.5, 0.6) is 0 Å². The number of rotatable bonds is 4. The van der Waals surface area contributed by atoms with E-state index in [-0.39, 0.29) is 30.7 Å². The highest BCUT2D eigenvalue weighted by Crippen LogP contribution is 2.53. The second-order valence-electron chi connectivity index (χ2n) is 8.35. The Bertz CT molecular complexity index is 931. The molecule has 1 saturated heterocycles. The molecule has 1 unspecified atom stereocenters. The van der Waals surface area contributed by atoms with Crippen molar-refractivity contribution in [1.82, 2.24) is 20.0 Å². The fraction of sp³-hybridized carbons (Fsp3) is 0.550. The van der Waals surface area contributed by atoms with Crippen LogP contribution in [0.1, 0.15) is 43.0 Å². The van der Waals surface area contributed by atoms with E-state index >= 15 is 0 Å². The van der Waals surface area contributed by atoms with Gasteiger partial charge in [0.2, 0.25) is 11.8 Å². The quantitative estimate of drug-likeness (QED) is 0.873. The van der Waals surface area contributed by atoms with Crippen LogP contribution >= 0.6 is 0 Å². The molecule has 1 aliphatic carbocycles. The lowest BCUT2D eigenvalue weighted by Crippen LogP contribution is -2.56. The molecule has 2 fully saturated rings. The van der Waals surface area contributed by atoms with Gasteiger partial charge in [0.1, 0.15) is 0 Å². The molecule has 8 heteroatoms. The van der Waals surface area contributed by atoms with Gasteiger partial charge in [-0.05, 0) is 31.0 Å². The van der Waals surface area contributed by atoms with Gasteiger partial charge in [0.25, 0.3) is 5.91 Å². The van der Waals surface area contributed by atoms with Crippen molar-refractivity contribution in [3.05, 3.63) is 30.0 Å². The number of amides is 2. The average Bonchev–Trinajstić information content (AvgIpc) is 3.21. The van der Waals surface area contributed by atoms with E-state index in [0.717, 1.165) is 23.7 Å². The molecule has 2 aromatic rings. The van der Waals surface area contributed by atoms with E-state index in [4.69, 9.17) is 0 Å². The largest absolute Gasteiger partial charge is 0.350 e. The van der Waals surface area contributed by atoms with Gasteiger partial charge >= 0.3 is 0 Å². The molecule has 1 aromatic heterocycles. The molecule has 2 amide bonds. The number of aromatic nitrogens is 2. The Kier molecular flexibility index (Phi) is 4.39. The Balaban J connectivity index is 1.39. The first-order valence-electron chi connectivity index (χ1n) is 9.57. The third kappa shape index (κ3) is 3.36. The van der Waals surface area contributed by atoms with Gasteiger partial charge in [0.15, 0.2) is 0 Å². The Morgan fingerprint density at radius 1 is 1.32 bits per heavy atom. The predicted molar refractivity (Wildman–Crippen MR) is 100 cm³/mol. The van der Waals surface area contributed by atoms with Crippen LogP contribution in [0, 0.1) is 5.41 Å². The van der Waals surface area contributed by atoms with Crippen molar-refractivity contribution in [1.29, 1.82) is 0 Å². The van der Waals surface area contributed by atoms with Gasteiger partial charge in [0, 0.05) is 56.2 Å². The number of hydrogen-bond acceptors (Lipinski definition) is 3. The maximum Gasteiger partial charge on any atom is 0.251 e. The van der Waals surface area contributed by atoms with E-state index in [1.165, 1.54) is 0 Å². The molecule has 2 aliphatic rings. The van der Waals surface area contributed by atoms with Crippen LogP contribution in [0.4, 0.5) is 8.78 Å². The van der Waals surface area contributed by atoms with E-state index in [9.17, 15) is 18.4 Å². The van der Waals surface area contributed by atoms with E-state index < -0.39 is 11.3 Å². The normalized spacial score (nSPS) is 22.9. The smallest absolute Gasteiger partial charge is 0.251 e. The zero-order chi connectivity index (χ0) is 20.1. The molecular weight excluding hydrogens is 366 g/mol. The van der Waals surface area contributed by atoms with Crippen molar-refractivity contribution < 1.29 is 18.4 Å². The molecule has 1 aliphatic heterocycles. The van der Waals surface area contributed by atoms with Crippen LogP contribution in [0.3, 0.4) is 0 Å². The molecule has 0 spiro atoms. The lowest BCUT2D eigenvalue weighted by Gasteiger charge is -2.46. The summed E-state index contributed by atoms with van der Waals surface area (Å²) < 4.78 is 28.3. The summed E-state index contributed by atoms with van der Waals surface area (Å²) in [6, 6.07) is 5.16. The maximum atomic E-state index is 13.3. The van der Waals surface area contributed by atoms with Gasteiger partial charge in [-0.15, -0.1) is 0 Å². The minimum atomic E-state index is -2.74. The van der Waals surface area contributed by atoms with Gasteiger partial charge in [-0.3, -0.25) is 14.3 Å². The van der Waals surface area contributed by atoms with E-state index in [2.05, 4.69) is 10.4 Å². The number of nitrogens with one attached hydrogen (secondary N) is 1. The lowest BCUT2D eigenvalue weighted by atomic mass is 9.66. The molecule has 28 heavy (non-hydrogen) atoms. The first-order chi connectivity index (χ1) is 13.2. The Morgan fingerprint density at radius 2 is 2.07 bits per heavy atom. The summed E-state index contributed by atoms with van der Waals surface area (Å²) in [4.78, 5) is 27.0. The van der Waals surface area contributed by atoms with E-state index in [1.807, 2.05) is 13.2 Å². The Morgan fingerprint density at radius 3 is 2.79 bits per heavy atom. The van der Waals surface area contributed by atoms with Crippen molar-refractivity contribution in [3.63, 3.8) is 0 Å². The molecule has 1 saturated carbocycles. The standard InChI is InChI=1S/C20H24F2N4O2/c1-19(11-20(21,22)12-19)18(28)26-7-3-4-15(26)9-23-17(27)13-5-6-16-14(8-13)10-25(2)24-16/h5-6,8,10,15H,3-4,7,9,11-12H2,1-2H3,(H,23,27). The first kappa shape index (κ1) is 18.8. The summed E-state index contributed by atoms with van der Waals surface area (Å²) in [5.74, 6) is -3.17. The highest BCUT2D eigenvalue weighted by molar-refractivity contribution is 5.97. The Hall–Kier alpha value is -2.51. The molecule has 1 atom stereocenters. The van der Waals surface area contributed by atoms with Gasteiger partial charge < -0.3 is 10.2 Å². The molecular formula is C20H24F2N4O2. The van der Waals surface area contributed by atoms with Crippen LogP contribution in [0.25, 0.3) is 10.9 Å². The van der Waals surface area contributed by atoms with Crippen molar-refractivity contribution in [2.45, 2.75) is 44.6 Å². The molecule has 1 N–H and O–H groups in total. The van der Waals surface area contributed by atoms with Crippen LogP contribution in [0.15, 0.2) is 24.4 Å². The van der Waals surface area contributed by atoms with Gasteiger partial charge in [0.05, 0.1) is 10.9 Å². The average molecular weight is 390 g/mol. The van der Waals surface area contributed by atoms with Crippen LogP contribution < -0.4 is 5.32 Å². The maximum absolute atomic E-state index is 13.3. The molecule has 6 nitrogen and oxygen atoms in total. The highest BCUT2D eigenvalue weighted by Gasteiger charge is 2.59. The predicted octanol–water partition coefficient (Wildman–Crippen LogP) is 2.73. The summed E-state index contributed by atoms with van der Waals surface area (Å²) in [5, 5.41) is 8.06. The molecule has 0 bridgehead atoms. The SMILES string of the molecule is Cn1cc2cc(C(=O)NCC3CCCN3C(=O)C3(C)CC(F)(F)C3)ccc2n1. The second-order valence-corrected chi connectivity index (χ2v) is 8.35. The minimum Gasteiger partial charge on any atom is -0.350 e. The molecule has 4 rings (SSSR count). The van der Waals surface area contributed by atoms with Gasteiger partial charge in [-0.1, -0.05) is 6.92 Å². The molecule has 0 radical (unpaired) electrons. The lowest BCUT2D eigenvalue weighted by molar-refractivity contribution is -0.183. The highest BCUT2D eigenvalue weighted by atomic mass is 19.3. The van der Waals surface area contributed by atoms with Gasteiger partial charge in [-0.25, -0.2) is 8.78 Å². The number of halogens is 2. The van der Waals surface area contributed by atoms with E-state index in [1.54, 1.807) is 34.7 Å². The number of alkyl halides is 2. The minimum absolute atomic E-state index is 0.148. The molecule has 1 aromatic carbocycles. The number of fused-ring (bicyclic) bond motifs is 1. The third-order valence-corrected chi connectivity index (χ3v) is 5.83. The van der Waals surface area contributed by atoms with Crippen LogP contribution in [-0.4, -0.2) is 51.5 Å². The molecule has 2 heterocycles. The summed E-state index contributed by atoms with van der Waals surface area (Å²) in [7, 11) is 1.82. The van der Waals surface area contributed by atoms with Crippen LogP contribution in [-0.2, 0) is 11.8 Å².